The molecule has 1 aromatic carbocycles. The fourth-order valence-electron chi connectivity index (χ4n) is 6.45. The van der Waals surface area contributed by atoms with Gasteiger partial charge in [-0.15, -0.1) is 0 Å². The zero-order valence-electron chi connectivity index (χ0n) is 24.1. The molecule has 3 N–H and O–H groups in total. The van der Waals surface area contributed by atoms with Crippen molar-refractivity contribution in [1.29, 1.82) is 0 Å². The average Bonchev–Trinajstić information content (AvgIpc) is 3.49. The van der Waals surface area contributed by atoms with Gasteiger partial charge in [0.05, 0.1) is 18.6 Å². The highest BCUT2D eigenvalue weighted by Gasteiger charge is 2.52. The third-order valence-corrected chi connectivity index (χ3v) is 8.93. The van der Waals surface area contributed by atoms with Crippen molar-refractivity contribution in [2.75, 3.05) is 19.6 Å². The zero-order valence-corrected chi connectivity index (χ0v) is 24.1. The molecule has 214 valence electrons. The van der Waals surface area contributed by atoms with E-state index in [1.807, 2.05) is 31.2 Å². The molecule has 1 aromatic rings. The van der Waals surface area contributed by atoms with Crippen LogP contribution in [-0.2, 0) is 19.8 Å². The molecule has 3 amide bonds. The van der Waals surface area contributed by atoms with Crippen molar-refractivity contribution in [3.05, 3.63) is 35.4 Å². The Labute approximate surface area is 233 Å². The molecular formula is C31H46N4O4. The summed E-state index contributed by atoms with van der Waals surface area (Å²) in [7, 11) is 0. The minimum atomic E-state index is -0.562. The van der Waals surface area contributed by atoms with Crippen molar-refractivity contribution in [3.8, 4) is 0 Å². The highest BCUT2D eigenvalue weighted by molar-refractivity contribution is 5.98. The highest BCUT2D eigenvalue weighted by Crippen LogP contribution is 2.33. The summed E-state index contributed by atoms with van der Waals surface area (Å²) in [5.41, 5.74) is 8.21. The molecule has 8 nitrogen and oxygen atoms in total. The Morgan fingerprint density at radius 3 is 2.33 bits per heavy atom. The minimum Gasteiger partial charge on any atom is -0.352 e. The number of carbonyl (C=O) groups is 4. The zero-order chi connectivity index (χ0) is 28.3. The second-order valence-corrected chi connectivity index (χ2v) is 12.9. The predicted octanol–water partition coefficient (Wildman–Crippen LogP) is 3.42. The van der Waals surface area contributed by atoms with Gasteiger partial charge in [-0.05, 0) is 60.6 Å². The van der Waals surface area contributed by atoms with Gasteiger partial charge < -0.3 is 20.9 Å². The Bertz CT molecular complexity index is 1060. The van der Waals surface area contributed by atoms with Crippen LogP contribution in [0.5, 0.6) is 0 Å². The Hall–Kier alpha value is -2.74. The van der Waals surface area contributed by atoms with Crippen LogP contribution in [0.25, 0.3) is 0 Å². The van der Waals surface area contributed by atoms with E-state index in [9.17, 15) is 19.2 Å². The van der Waals surface area contributed by atoms with E-state index < -0.39 is 12.1 Å². The van der Waals surface area contributed by atoms with E-state index in [1.54, 1.807) is 9.80 Å². The van der Waals surface area contributed by atoms with Gasteiger partial charge >= 0.3 is 0 Å². The van der Waals surface area contributed by atoms with Gasteiger partial charge in [0.25, 0.3) is 5.91 Å². The molecule has 1 saturated carbocycles. The van der Waals surface area contributed by atoms with Crippen LogP contribution >= 0.6 is 0 Å². The number of amides is 3. The maximum absolute atomic E-state index is 13.2. The van der Waals surface area contributed by atoms with Crippen LogP contribution < -0.4 is 11.1 Å². The molecule has 1 aliphatic carbocycles. The lowest BCUT2D eigenvalue weighted by molar-refractivity contribution is -0.137. The lowest BCUT2D eigenvalue weighted by atomic mass is 9.83. The Morgan fingerprint density at radius 1 is 1.03 bits per heavy atom. The maximum Gasteiger partial charge on any atom is 0.251 e. The van der Waals surface area contributed by atoms with E-state index >= 15 is 0 Å². The molecule has 4 atom stereocenters. The Morgan fingerprint density at radius 2 is 1.69 bits per heavy atom. The van der Waals surface area contributed by atoms with Gasteiger partial charge in [0.15, 0.2) is 5.78 Å². The van der Waals surface area contributed by atoms with Gasteiger partial charge in [0.2, 0.25) is 11.8 Å². The number of likely N-dealkylation sites (tertiary alicyclic amines) is 2. The molecular weight excluding hydrogens is 492 g/mol. The monoisotopic (exact) mass is 538 g/mol. The SMILES string of the molecule is CC(CCNC(=O)c1ccc(C(C)(C)C)cc1)CC(=O)N1CCC2C1C(=O)CN2C(=O)C(N)C1CCCCC1. The van der Waals surface area contributed by atoms with Crippen LogP contribution in [0.1, 0.15) is 95.0 Å². The van der Waals surface area contributed by atoms with Gasteiger partial charge in [0, 0.05) is 25.1 Å². The van der Waals surface area contributed by atoms with Gasteiger partial charge in [-0.25, -0.2) is 0 Å². The molecule has 0 radical (unpaired) electrons. The molecule has 0 aromatic heterocycles. The van der Waals surface area contributed by atoms with Crippen LogP contribution in [-0.4, -0.2) is 71.1 Å². The third kappa shape index (κ3) is 6.71. The summed E-state index contributed by atoms with van der Waals surface area (Å²) in [6.45, 7) is 9.41. The summed E-state index contributed by atoms with van der Waals surface area (Å²) < 4.78 is 0. The fourth-order valence-corrected chi connectivity index (χ4v) is 6.45. The van der Waals surface area contributed by atoms with Gasteiger partial charge in [0.1, 0.15) is 6.04 Å². The summed E-state index contributed by atoms with van der Waals surface area (Å²) >= 11 is 0. The number of benzene rings is 1. The molecule has 3 fully saturated rings. The normalized spacial score (nSPS) is 23.5. The van der Waals surface area contributed by atoms with E-state index in [0.29, 0.717) is 37.9 Å². The first-order chi connectivity index (χ1) is 18.5. The Balaban J connectivity index is 1.24. The summed E-state index contributed by atoms with van der Waals surface area (Å²) in [6.07, 6.45) is 6.92. The minimum absolute atomic E-state index is 0.0328. The van der Waals surface area contributed by atoms with Crippen LogP contribution in [0.15, 0.2) is 24.3 Å². The largest absolute Gasteiger partial charge is 0.352 e. The van der Waals surface area contributed by atoms with Crippen LogP contribution in [0.3, 0.4) is 0 Å². The van der Waals surface area contributed by atoms with E-state index in [2.05, 4.69) is 26.1 Å². The topological polar surface area (TPSA) is 113 Å². The number of Topliss-reactive ketones (excluding diaryl/α,β-unsaturated/α-hetero) is 1. The average molecular weight is 539 g/mol. The first-order valence-electron chi connectivity index (χ1n) is 14.7. The molecule has 3 aliphatic rings. The van der Waals surface area contributed by atoms with Crippen molar-refractivity contribution < 1.29 is 19.2 Å². The molecule has 0 spiro atoms. The van der Waals surface area contributed by atoms with Gasteiger partial charge in [-0.3, -0.25) is 19.2 Å². The maximum atomic E-state index is 13.2. The lowest BCUT2D eigenvalue weighted by Gasteiger charge is -2.31. The van der Waals surface area contributed by atoms with Crippen molar-refractivity contribution in [2.45, 2.75) is 103 Å². The van der Waals surface area contributed by atoms with E-state index in [1.165, 1.54) is 12.0 Å². The number of carbonyl (C=O) groups excluding carboxylic acids is 4. The van der Waals surface area contributed by atoms with Gasteiger partial charge in [-0.1, -0.05) is 59.1 Å². The van der Waals surface area contributed by atoms with Crippen molar-refractivity contribution in [1.82, 2.24) is 15.1 Å². The molecule has 2 saturated heterocycles. The van der Waals surface area contributed by atoms with E-state index in [-0.39, 0.29) is 53.3 Å². The summed E-state index contributed by atoms with van der Waals surface area (Å²) in [5.74, 6) is -0.137. The third-order valence-electron chi connectivity index (χ3n) is 8.93. The number of nitrogens with two attached hydrogens (primary N) is 1. The number of hydrogen-bond donors (Lipinski definition) is 2. The molecule has 2 aliphatic heterocycles. The van der Waals surface area contributed by atoms with Crippen molar-refractivity contribution >= 4 is 23.5 Å². The number of nitrogens with zero attached hydrogens (tertiary/aromatic N) is 2. The number of rotatable bonds is 8. The molecule has 4 unspecified atom stereocenters. The molecule has 2 heterocycles. The summed E-state index contributed by atoms with van der Waals surface area (Å²) in [4.78, 5) is 55.3. The quantitative estimate of drug-likeness (QED) is 0.527. The molecule has 0 bridgehead atoms. The predicted molar refractivity (Wildman–Crippen MR) is 151 cm³/mol. The second-order valence-electron chi connectivity index (χ2n) is 12.9. The van der Waals surface area contributed by atoms with Crippen molar-refractivity contribution in [3.63, 3.8) is 0 Å². The second kappa shape index (κ2) is 12.2. The highest BCUT2D eigenvalue weighted by atomic mass is 16.2. The number of fused-ring (bicyclic) bond motifs is 1. The molecule has 39 heavy (non-hydrogen) atoms. The van der Waals surface area contributed by atoms with Crippen molar-refractivity contribution in [2.24, 2.45) is 17.6 Å². The number of ketones is 1. The first kappa shape index (κ1) is 29.2. The van der Waals surface area contributed by atoms with Crippen LogP contribution in [0.2, 0.25) is 0 Å². The Kier molecular flexibility index (Phi) is 9.14. The molecule has 8 heteroatoms. The number of nitrogens with one attached hydrogen (secondary N) is 1. The van der Waals surface area contributed by atoms with Gasteiger partial charge in [-0.2, -0.15) is 0 Å². The van der Waals surface area contributed by atoms with E-state index in [4.69, 9.17) is 5.73 Å². The standard InChI is InChI=1S/C31H46N4O4/c1-20(14-16-33-29(38)22-10-12-23(13-11-22)31(2,3)4)18-26(37)34-17-15-24-28(34)25(36)19-35(24)30(39)27(32)21-8-6-5-7-9-21/h10-13,20-21,24,27-28H,5-9,14-19,32H2,1-4H3,(H,33,38). The van der Waals surface area contributed by atoms with Crippen LogP contribution in [0.4, 0.5) is 0 Å². The lowest BCUT2D eigenvalue weighted by Crippen LogP contribution is -2.51. The summed E-state index contributed by atoms with van der Waals surface area (Å²) in [5, 5.41) is 2.96. The van der Waals surface area contributed by atoms with Crippen LogP contribution in [0, 0.1) is 11.8 Å². The number of hydrogen-bond acceptors (Lipinski definition) is 5. The fraction of sp³-hybridized carbons (Fsp3) is 0.677. The smallest absolute Gasteiger partial charge is 0.251 e. The first-order valence-corrected chi connectivity index (χ1v) is 14.7. The summed E-state index contributed by atoms with van der Waals surface area (Å²) in [6, 6.07) is 6.30. The molecule has 4 rings (SSSR count). The van der Waals surface area contributed by atoms with E-state index in [0.717, 1.165) is 25.7 Å².